The van der Waals surface area contributed by atoms with Gasteiger partial charge in [-0.05, 0) is 24.7 Å². The van der Waals surface area contributed by atoms with Crippen molar-refractivity contribution in [2.24, 2.45) is 23.3 Å². The Kier molecular flexibility index (Phi) is 17.9. The lowest BCUT2D eigenvalue weighted by Gasteiger charge is -2.25. The minimum absolute atomic E-state index is 0.704. The van der Waals surface area contributed by atoms with Crippen LogP contribution in [0.25, 0.3) is 0 Å². The molecule has 0 aliphatic heterocycles. The monoisotopic (exact) mass is 384 g/mol. The Labute approximate surface area is 171 Å². The Hall–Kier alpha value is -0.120. The van der Waals surface area contributed by atoms with Crippen LogP contribution >= 0.6 is 0 Å². The molecule has 27 heavy (non-hydrogen) atoms. The van der Waals surface area contributed by atoms with E-state index >= 15 is 0 Å². The third-order valence-electron chi connectivity index (χ3n) is 5.40. The minimum atomic E-state index is -0.922. The van der Waals surface area contributed by atoms with Gasteiger partial charge in [-0.2, -0.15) is 0 Å². The minimum Gasteiger partial charge on any atom is -0.348 e. The fourth-order valence-corrected chi connectivity index (χ4v) is 3.53. The SMILES string of the molecule is CC(C)CCCCCCCCCOC(N)(N)CCCCCCCCC(C)C. The van der Waals surface area contributed by atoms with Crippen LogP contribution in [0.15, 0.2) is 0 Å². The maximum absolute atomic E-state index is 6.09. The van der Waals surface area contributed by atoms with Crippen molar-refractivity contribution in [3.8, 4) is 0 Å². The van der Waals surface area contributed by atoms with Crippen molar-refractivity contribution in [1.82, 2.24) is 0 Å². The Bertz CT molecular complexity index is 303. The van der Waals surface area contributed by atoms with E-state index in [4.69, 9.17) is 16.2 Å². The zero-order valence-corrected chi connectivity index (χ0v) is 19.2. The van der Waals surface area contributed by atoms with Crippen LogP contribution in [-0.2, 0) is 4.74 Å². The van der Waals surface area contributed by atoms with Gasteiger partial charge in [0.2, 0.25) is 0 Å². The van der Waals surface area contributed by atoms with E-state index in [0.29, 0.717) is 6.61 Å². The summed E-state index contributed by atoms with van der Waals surface area (Å²) in [7, 11) is 0. The maximum Gasteiger partial charge on any atom is 0.169 e. The topological polar surface area (TPSA) is 61.3 Å². The van der Waals surface area contributed by atoms with Crippen LogP contribution in [0.1, 0.15) is 130 Å². The molecule has 0 bridgehead atoms. The molecule has 3 nitrogen and oxygen atoms in total. The molecule has 0 aromatic heterocycles. The maximum atomic E-state index is 6.09. The molecule has 0 spiro atoms. The Morgan fingerprint density at radius 1 is 0.556 bits per heavy atom. The molecule has 0 aromatic rings. The van der Waals surface area contributed by atoms with E-state index in [0.717, 1.165) is 31.1 Å². The van der Waals surface area contributed by atoms with E-state index in [9.17, 15) is 0 Å². The van der Waals surface area contributed by atoms with Gasteiger partial charge in [0.15, 0.2) is 5.85 Å². The highest BCUT2D eigenvalue weighted by atomic mass is 16.5. The molecule has 0 rings (SSSR count). The molecule has 4 N–H and O–H groups in total. The zero-order chi connectivity index (χ0) is 20.4. The molecule has 164 valence electrons. The van der Waals surface area contributed by atoms with Crippen molar-refractivity contribution in [2.45, 2.75) is 136 Å². The average molecular weight is 385 g/mol. The first kappa shape index (κ1) is 26.9. The molecule has 0 heterocycles. The van der Waals surface area contributed by atoms with Gasteiger partial charge >= 0.3 is 0 Å². The lowest BCUT2D eigenvalue weighted by atomic mass is 10.0. The van der Waals surface area contributed by atoms with Crippen LogP contribution in [0.3, 0.4) is 0 Å². The van der Waals surface area contributed by atoms with Gasteiger partial charge in [-0.1, -0.05) is 111 Å². The van der Waals surface area contributed by atoms with Crippen molar-refractivity contribution in [1.29, 1.82) is 0 Å². The summed E-state index contributed by atoms with van der Waals surface area (Å²) in [6.45, 7) is 9.93. The second-order valence-electron chi connectivity index (χ2n) is 9.51. The molecule has 0 amide bonds. The van der Waals surface area contributed by atoms with Gasteiger partial charge in [-0.3, -0.25) is 11.5 Å². The van der Waals surface area contributed by atoms with E-state index in [-0.39, 0.29) is 0 Å². The number of unbranched alkanes of at least 4 members (excludes halogenated alkanes) is 11. The quantitative estimate of drug-likeness (QED) is 0.173. The molecule has 0 fully saturated rings. The summed E-state index contributed by atoms with van der Waals surface area (Å²) in [5.41, 5.74) is 12.2. The summed E-state index contributed by atoms with van der Waals surface area (Å²) in [5, 5.41) is 0. The van der Waals surface area contributed by atoms with Crippen molar-refractivity contribution >= 4 is 0 Å². The largest absolute Gasteiger partial charge is 0.348 e. The van der Waals surface area contributed by atoms with Gasteiger partial charge in [0, 0.05) is 6.42 Å². The molecule has 0 aliphatic carbocycles. The lowest BCUT2D eigenvalue weighted by molar-refractivity contribution is -0.0458. The fourth-order valence-electron chi connectivity index (χ4n) is 3.53. The average Bonchev–Trinajstić information content (AvgIpc) is 2.58. The third-order valence-corrected chi connectivity index (χ3v) is 5.40. The van der Waals surface area contributed by atoms with E-state index in [1.165, 1.54) is 83.5 Å². The second kappa shape index (κ2) is 17.9. The van der Waals surface area contributed by atoms with Crippen LogP contribution in [0.4, 0.5) is 0 Å². The van der Waals surface area contributed by atoms with Crippen LogP contribution in [0.2, 0.25) is 0 Å². The van der Waals surface area contributed by atoms with Gasteiger partial charge < -0.3 is 4.74 Å². The fraction of sp³-hybridized carbons (Fsp3) is 1.00. The Morgan fingerprint density at radius 3 is 1.37 bits per heavy atom. The van der Waals surface area contributed by atoms with Gasteiger partial charge in [-0.25, -0.2) is 0 Å². The summed E-state index contributed by atoms with van der Waals surface area (Å²) in [6, 6.07) is 0. The van der Waals surface area contributed by atoms with Crippen molar-refractivity contribution < 1.29 is 4.74 Å². The second-order valence-corrected chi connectivity index (χ2v) is 9.51. The number of ether oxygens (including phenoxy) is 1. The van der Waals surface area contributed by atoms with Gasteiger partial charge in [0.05, 0.1) is 6.61 Å². The first-order chi connectivity index (χ1) is 12.8. The molecule has 0 aromatic carbocycles. The van der Waals surface area contributed by atoms with Crippen molar-refractivity contribution in [3.63, 3.8) is 0 Å². The number of rotatable bonds is 20. The van der Waals surface area contributed by atoms with Crippen LogP contribution in [-0.4, -0.2) is 12.5 Å². The summed E-state index contributed by atoms with van der Waals surface area (Å²) in [4.78, 5) is 0. The molecule has 0 radical (unpaired) electrons. The predicted molar refractivity (Wildman–Crippen MR) is 121 cm³/mol. The summed E-state index contributed by atoms with van der Waals surface area (Å²) in [5.74, 6) is 0.769. The third kappa shape index (κ3) is 22.0. The van der Waals surface area contributed by atoms with E-state index < -0.39 is 5.85 Å². The highest BCUT2D eigenvalue weighted by Gasteiger charge is 2.18. The highest BCUT2D eigenvalue weighted by Crippen LogP contribution is 2.15. The predicted octanol–water partition coefficient (Wildman–Crippen LogP) is 7.13. The molecule has 0 saturated carbocycles. The molecular weight excluding hydrogens is 332 g/mol. The number of hydrogen-bond donors (Lipinski definition) is 2. The number of nitrogens with two attached hydrogens (primary N) is 2. The molecular formula is C24H52N2O. The Balaban J connectivity index is 3.35. The van der Waals surface area contributed by atoms with Crippen molar-refractivity contribution in [2.75, 3.05) is 6.61 Å². The van der Waals surface area contributed by atoms with E-state index in [2.05, 4.69) is 27.7 Å². The molecule has 0 unspecified atom stereocenters. The molecule has 0 saturated heterocycles. The first-order valence-electron chi connectivity index (χ1n) is 12.0. The van der Waals surface area contributed by atoms with Gasteiger partial charge in [0.1, 0.15) is 0 Å². The lowest BCUT2D eigenvalue weighted by Crippen LogP contribution is -2.52. The smallest absolute Gasteiger partial charge is 0.169 e. The zero-order valence-electron chi connectivity index (χ0n) is 19.2. The summed E-state index contributed by atoms with van der Waals surface area (Å²) < 4.78 is 5.73. The van der Waals surface area contributed by atoms with E-state index in [1.54, 1.807) is 0 Å². The van der Waals surface area contributed by atoms with Crippen molar-refractivity contribution in [3.05, 3.63) is 0 Å². The summed E-state index contributed by atoms with van der Waals surface area (Å²) >= 11 is 0. The normalized spacial score (nSPS) is 12.4. The molecule has 0 aliphatic rings. The standard InChI is InChI=1S/C24H52N2O/c1-22(2)18-14-10-6-5-9-13-17-21-27-24(25,26)20-16-12-8-7-11-15-19-23(3)4/h22-23H,5-21,25-26H2,1-4H3. The Morgan fingerprint density at radius 2 is 0.926 bits per heavy atom. The van der Waals surface area contributed by atoms with E-state index in [1.807, 2.05) is 0 Å². The highest BCUT2D eigenvalue weighted by molar-refractivity contribution is 4.65. The van der Waals surface area contributed by atoms with Crippen LogP contribution in [0, 0.1) is 11.8 Å². The van der Waals surface area contributed by atoms with Gasteiger partial charge in [0.25, 0.3) is 0 Å². The van der Waals surface area contributed by atoms with Crippen LogP contribution < -0.4 is 11.5 Å². The first-order valence-corrected chi connectivity index (χ1v) is 12.0. The number of hydrogen-bond acceptors (Lipinski definition) is 3. The molecule has 0 atom stereocenters. The summed E-state index contributed by atoms with van der Waals surface area (Å²) in [6.07, 6.45) is 20.3. The van der Waals surface area contributed by atoms with Gasteiger partial charge in [-0.15, -0.1) is 0 Å². The van der Waals surface area contributed by atoms with Crippen LogP contribution in [0.5, 0.6) is 0 Å². The molecule has 3 heteroatoms.